The third kappa shape index (κ3) is 4.38. The van der Waals surface area contributed by atoms with E-state index < -0.39 is 11.1 Å². The van der Waals surface area contributed by atoms with E-state index in [1.807, 2.05) is 26.1 Å². The van der Waals surface area contributed by atoms with Gasteiger partial charge >= 0.3 is 0 Å². The van der Waals surface area contributed by atoms with E-state index >= 15 is 0 Å². The smallest absolute Gasteiger partial charge is 0.189 e. The zero-order chi connectivity index (χ0) is 22.0. The zero-order valence-electron chi connectivity index (χ0n) is 17.0. The zero-order valence-corrected chi connectivity index (χ0v) is 17.8. The predicted octanol–water partition coefficient (Wildman–Crippen LogP) is 3.66. The number of anilines is 1. The summed E-state index contributed by atoms with van der Waals surface area (Å²) in [5.41, 5.74) is 11.7. The van der Waals surface area contributed by atoms with Crippen LogP contribution in [0.4, 0.5) is 5.82 Å². The lowest BCUT2D eigenvalue weighted by Gasteiger charge is -2.06. The van der Waals surface area contributed by atoms with Crippen molar-refractivity contribution in [3.63, 3.8) is 0 Å². The van der Waals surface area contributed by atoms with Crippen LogP contribution in [0.25, 0.3) is 34.0 Å². The number of nitrogens with zero attached hydrogens (tertiary/aromatic N) is 3. The van der Waals surface area contributed by atoms with Gasteiger partial charge in [0.25, 0.3) is 0 Å². The maximum absolute atomic E-state index is 11.2. The van der Waals surface area contributed by atoms with Crippen LogP contribution < -0.4 is 11.1 Å². The first kappa shape index (κ1) is 20.9. The second kappa shape index (κ2) is 8.76. The van der Waals surface area contributed by atoms with Crippen molar-refractivity contribution in [2.45, 2.75) is 18.4 Å². The van der Waals surface area contributed by atoms with Crippen molar-refractivity contribution < 1.29 is 13.3 Å². The Morgan fingerprint density at radius 1 is 1.13 bits per heavy atom. The molecule has 2 heterocycles. The van der Waals surface area contributed by atoms with Crippen molar-refractivity contribution in [2.75, 3.05) is 12.8 Å². The highest BCUT2D eigenvalue weighted by molar-refractivity contribution is 7.79. The molecule has 1 unspecified atom stereocenters. The van der Waals surface area contributed by atoms with Gasteiger partial charge in [-0.1, -0.05) is 35.5 Å². The average Bonchev–Trinajstić information content (AvgIpc) is 3.24. The summed E-state index contributed by atoms with van der Waals surface area (Å²) < 4.78 is 25.9. The van der Waals surface area contributed by atoms with Crippen LogP contribution in [0.3, 0.4) is 0 Å². The lowest BCUT2D eigenvalue weighted by molar-refractivity contribution is 0.433. The molecule has 0 aliphatic carbocycles. The highest BCUT2D eigenvalue weighted by Crippen LogP contribution is 2.31. The first-order valence-electron chi connectivity index (χ1n) is 9.51. The number of aromatic nitrogens is 3. The van der Waals surface area contributed by atoms with E-state index in [1.54, 1.807) is 36.5 Å². The molecule has 0 aliphatic rings. The van der Waals surface area contributed by atoms with E-state index in [4.69, 9.17) is 10.3 Å². The number of aryl methyl sites for hydroxylation is 1. The van der Waals surface area contributed by atoms with Gasteiger partial charge in [0.05, 0.1) is 16.8 Å². The molecule has 2 aromatic heterocycles. The summed E-state index contributed by atoms with van der Waals surface area (Å²) in [6.07, 6.45) is 1.55. The highest BCUT2D eigenvalue weighted by Gasteiger charge is 2.16. The third-order valence-corrected chi connectivity index (χ3v) is 5.52. The van der Waals surface area contributed by atoms with E-state index in [9.17, 15) is 8.76 Å². The monoisotopic (exact) mass is 435 g/mol. The van der Waals surface area contributed by atoms with Crippen molar-refractivity contribution in [1.82, 2.24) is 20.4 Å². The summed E-state index contributed by atoms with van der Waals surface area (Å²) in [6.45, 7) is 2.82. The Bertz CT molecular complexity index is 1250. The summed E-state index contributed by atoms with van der Waals surface area (Å²) in [5, 5.41) is 7.34. The van der Waals surface area contributed by atoms with Gasteiger partial charge < -0.3 is 20.1 Å². The molecule has 0 saturated carbocycles. The van der Waals surface area contributed by atoms with Gasteiger partial charge in [-0.25, -0.2) is 14.2 Å². The summed E-state index contributed by atoms with van der Waals surface area (Å²) in [4.78, 5) is 9.13. The van der Waals surface area contributed by atoms with Crippen LogP contribution in [0, 0.1) is 6.92 Å². The minimum atomic E-state index is -2.03. The molecule has 0 amide bonds. The van der Waals surface area contributed by atoms with E-state index in [2.05, 4.69) is 26.5 Å². The Labute approximate surface area is 181 Å². The fourth-order valence-corrected chi connectivity index (χ4v) is 3.67. The molecule has 9 heteroatoms. The first-order valence-corrected chi connectivity index (χ1v) is 10.6. The minimum absolute atomic E-state index is 0.223. The molecular weight excluding hydrogens is 414 g/mol. The molecule has 8 nitrogen and oxygen atoms in total. The van der Waals surface area contributed by atoms with Crippen LogP contribution in [-0.2, 0) is 17.6 Å². The topological polar surface area (TPSA) is 127 Å². The van der Waals surface area contributed by atoms with Gasteiger partial charge in [-0.05, 0) is 37.2 Å². The van der Waals surface area contributed by atoms with Gasteiger partial charge in [-0.3, -0.25) is 0 Å². The molecule has 0 saturated heterocycles. The van der Waals surface area contributed by atoms with Crippen molar-refractivity contribution >= 4 is 16.9 Å². The number of hydrogen-bond donors (Lipinski definition) is 3. The van der Waals surface area contributed by atoms with E-state index in [-0.39, 0.29) is 5.82 Å². The van der Waals surface area contributed by atoms with Gasteiger partial charge in [0.2, 0.25) is 0 Å². The highest BCUT2D eigenvalue weighted by atomic mass is 32.2. The van der Waals surface area contributed by atoms with Gasteiger partial charge in [0.15, 0.2) is 28.4 Å². The Hall–Kier alpha value is -3.40. The quantitative estimate of drug-likeness (QED) is 0.392. The van der Waals surface area contributed by atoms with Crippen molar-refractivity contribution in [3.8, 4) is 34.0 Å². The predicted molar refractivity (Wildman–Crippen MR) is 119 cm³/mol. The minimum Gasteiger partial charge on any atom is -0.382 e. The number of nitrogens with one attached hydrogen (secondary N) is 1. The molecule has 0 spiro atoms. The second-order valence-corrected chi connectivity index (χ2v) is 7.99. The van der Waals surface area contributed by atoms with Crippen LogP contribution in [-0.4, -0.2) is 30.9 Å². The SMILES string of the molecule is CNCc1ccc(-c2cc(-c3nc(-c4ccc(S(=O)O)cc4)cnc3N)on2)c(C)c1. The van der Waals surface area contributed by atoms with Gasteiger partial charge in [0.1, 0.15) is 5.69 Å². The summed E-state index contributed by atoms with van der Waals surface area (Å²) in [7, 11) is 1.91. The maximum Gasteiger partial charge on any atom is 0.189 e. The fraction of sp³-hybridized carbons (Fsp3) is 0.136. The molecule has 4 aromatic rings. The first-order chi connectivity index (χ1) is 15.0. The van der Waals surface area contributed by atoms with Crippen molar-refractivity contribution in [1.29, 1.82) is 0 Å². The van der Waals surface area contributed by atoms with E-state index in [1.165, 1.54) is 5.56 Å². The number of hydrogen-bond acceptors (Lipinski definition) is 7. The molecule has 0 radical (unpaired) electrons. The largest absolute Gasteiger partial charge is 0.382 e. The lowest BCUT2D eigenvalue weighted by Crippen LogP contribution is -2.05. The molecule has 1 atom stereocenters. The summed E-state index contributed by atoms with van der Waals surface area (Å²) in [5.74, 6) is 0.634. The molecule has 2 aromatic carbocycles. The molecular formula is C22H21N5O3S. The van der Waals surface area contributed by atoms with Crippen LogP contribution in [0.15, 0.2) is 64.1 Å². The van der Waals surface area contributed by atoms with Gasteiger partial charge in [0, 0.05) is 23.7 Å². The fourth-order valence-electron chi connectivity index (χ4n) is 3.30. The molecule has 4 rings (SSSR count). The standard InChI is InChI=1S/C22H21N5O3S/c1-13-9-14(11-24-2)3-8-17(13)18-10-20(30-27-18)21-22(23)25-12-19(26-21)15-4-6-16(7-5-15)31(28)29/h3-10,12,24H,11H2,1-2H3,(H2,23,25)(H,28,29). The van der Waals surface area contributed by atoms with Crippen LogP contribution in [0.2, 0.25) is 0 Å². The molecule has 31 heavy (non-hydrogen) atoms. The normalized spacial score (nSPS) is 12.1. The number of benzene rings is 2. The van der Waals surface area contributed by atoms with Crippen LogP contribution >= 0.6 is 0 Å². The van der Waals surface area contributed by atoms with Crippen molar-refractivity contribution in [2.24, 2.45) is 0 Å². The Balaban J connectivity index is 1.67. The van der Waals surface area contributed by atoms with Crippen molar-refractivity contribution in [3.05, 3.63) is 65.9 Å². The Kier molecular flexibility index (Phi) is 5.90. The van der Waals surface area contributed by atoms with E-state index in [0.29, 0.717) is 27.7 Å². The second-order valence-electron chi connectivity index (χ2n) is 7.02. The van der Waals surface area contributed by atoms with Crippen LogP contribution in [0.1, 0.15) is 11.1 Å². The number of nitrogen functional groups attached to an aromatic ring is 1. The molecule has 0 aliphatic heterocycles. The van der Waals surface area contributed by atoms with Gasteiger partial charge in [-0.15, -0.1) is 0 Å². The summed E-state index contributed by atoms with van der Waals surface area (Å²) >= 11 is -2.03. The van der Waals surface area contributed by atoms with Gasteiger partial charge in [-0.2, -0.15) is 0 Å². The summed E-state index contributed by atoms with van der Waals surface area (Å²) in [6, 6.07) is 14.5. The number of rotatable bonds is 6. The number of nitrogens with two attached hydrogens (primary N) is 1. The third-order valence-electron chi connectivity index (χ3n) is 4.84. The average molecular weight is 436 g/mol. The molecule has 4 N–H and O–H groups in total. The Morgan fingerprint density at radius 2 is 1.90 bits per heavy atom. The molecule has 0 bridgehead atoms. The lowest BCUT2D eigenvalue weighted by atomic mass is 10.0. The van der Waals surface area contributed by atoms with Crippen LogP contribution in [0.5, 0.6) is 0 Å². The van der Waals surface area contributed by atoms with E-state index in [0.717, 1.165) is 23.2 Å². The Morgan fingerprint density at radius 3 is 2.58 bits per heavy atom. The maximum atomic E-state index is 11.2. The molecule has 0 fully saturated rings. The molecule has 158 valence electrons.